The second kappa shape index (κ2) is 14.2. The summed E-state index contributed by atoms with van der Waals surface area (Å²) in [5, 5.41) is 2.40. The number of hydrogen-bond acceptors (Lipinski definition) is 2. The van der Waals surface area contributed by atoms with Gasteiger partial charge in [0, 0.05) is 27.9 Å². The number of aryl methyl sites for hydroxylation is 1. The summed E-state index contributed by atoms with van der Waals surface area (Å²) in [5.74, 6) is 0. The van der Waals surface area contributed by atoms with Gasteiger partial charge in [-0.3, -0.25) is 4.98 Å². The van der Waals surface area contributed by atoms with Crippen LogP contribution in [0.3, 0.4) is 0 Å². The molecule has 2 heterocycles. The van der Waals surface area contributed by atoms with Gasteiger partial charge in [-0.25, -0.2) is 0 Å². The van der Waals surface area contributed by atoms with E-state index >= 15 is 0 Å². The molecular formula is C48H55NO. The maximum absolute atomic E-state index is 6.86. The molecule has 50 heavy (non-hydrogen) atoms. The van der Waals surface area contributed by atoms with E-state index in [0.29, 0.717) is 0 Å². The Labute approximate surface area is 300 Å². The molecule has 2 nitrogen and oxygen atoms in total. The maximum atomic E-state index is 6.86. The first-order chi connectivity index (χ1) is 24.3. The lowest BCUT2D eigenvalue weighted by molar-refractivity contribution is 0.401. The molecule has 0 amide bonds. The summed E-state index contributed by atoms with van der Waals surface area (Å²) >= 11 is 0. The van der Waals surface area contributed by atoms with Crippen LogP contribution in [-0.4, -0.2) is 4.98 Å². The number of nitrogens with zero attached hydrogens (tertiary/aromatic N) is 1. The number of aromatic nitrogens is 1. The monoisotopic (exact) mass is 661 g/mol. The minimum Gasteiger partial charge on any atom is -0.455 e. The third kappa shape index (κ3) is 6.21. The second-order valence-electron chi connectivity index (χ2n) is 15.8. The maximum Gasteiger partial charge on any atom is 0.145 e. The lowest BCUT2D eigenvalue weighted by atomic mass is 9.70. The quantitative estimate of drug-likeness (QED) is 0.115. The zero-order valence-corrected chi connectivity index (χ0v) is 31.3. The van der Waals surface area contributed by atoms with Gasteiger partial charge in [-0.05, 0) is 106 Å². The fourth-order valence-corrected chi connectivity index (χ4v) is 8.67. The third-order valence-corrected chi connectivity index (χ3v) is 11.5. The van der Waals surface area contributed by atoms with Crippen LogP contribution in [0.15, 0.2) is 95.5 Å². The summed E-state index contributed by atoms with van der Waals surface area (Å²) in [5.41, 5.74) is 15.1. The molecule has 0 unspecified atom stereocenters. The molecule has 0 radical (unpaired) electrons. The summed E-state index contributed by atoms with van der Waals surface area (Å²) in [6, 6.07) is 32.3. The number of benzene rings is 4. The molecule has 2 heteroatoms. The van der Waals surface area contributed by atoms with Gasteiger partial charge < -0.3 is 4.42 Å². The van der Waals surface area contributed by atoms with E-state index in [0.717, 1.165) is 28.8 Å². The topological polar surface area (TPSA) is 26.0 Å². The smallest absolute Gasteiger partial charge is 0.145 e. The molecule has 1 aliphatic carbocycles. The minimum absolute atomic E-state index is 0.0444. The zero-order valence-electron chi connectivity index (χ0n) is 31.3. The van der Waals surface area contributed by atoms with E-state index in [1.165, 1.54) is 114 Å². The first-order valence-corrected chi connectivity index (χ1v) is 19.5. The van der Waals surface area contributed by atoms with Gasteiger partial charge in [-0.1, -0.05) is 141 Å². The second-order valence-corrected chi connectivity index (χ2v) is 15.8. The summed E-state index contributed by atoms with van der Waals surface area (Å²) in [4.78, 5) is 4.83. The van der Waals surface area contributed by atoms with Crippen molar-refractivity contribution < 1.29 is 4.42 Å². The van der Waals surface area contributed by atoms with Crippen LogP contribution in [0.25, 0.3) is 55.4 Å². The average molecular weight is 662 g/mol. The van der Waals surface area contributed by atoms with Crippen molar-refractivity contribution in [2.24, 2.45) is 0 Å². The predicted octanol–water partition coefficient (Wildman–Crippen LogP) is 14.4. The Morgan fingerprint density at radius 1 is 0.640 bits per heavy atom. The van der Waals surface area contributed by atoms with Gasteiger partial charge in [0.15, 0.2) is 0 Å². The van der Waals surface area contributed by atoms with Crippen molar-refractivity contribution in [1.29, 1.82) is 0 Å². The van der Waals surface area contributed by atoms with E-state index in [-0.39, 0.29) is 10.8 Å². The van der Waals surface area contributed by atoms with E-state index in [2.05, 4.69) is 126 Å². The molecule has 1 aliphatic rings. The van der Waals surface area contributed by atoms with E-state index in [1.54, 1.807) is 5.56 Å². The Kier molecular flexibility index (Phi) is 9.75. The molecule has 7 rings (SSSR count). The Bertz CT molecular complexity index is 2110. The van der Waals surface area contributed by atoms with Crippen LogP contribution in [0.5, 0.6) is 0 Å². The number of rotatable bonds is 13. The Morgan fingerprint density at radius 3 is 2.04 bits per heavy atom. The van der Waals surface area contributed by atoms with Crippen molar-refractivity contribution in [1.82, 2.24) is 4.98 Å². The molecule has 0 aliphatic heterocycles. The molecule has 2 aromatic heterocycles. The standard InChI is InChI=1S/C48H55NO/c1-7-10-12-16-27-48(28-17-13-11-8-2)41-19-15-14-18-37(41)38-23-21-34(30-42(38)48)35-22-25-40-44(31-35)50-46-39(24-20-33(9-3)45(40)46)43-32-36(26-29-49-43)47(4,5)6/h14-15,18-26,29-32H,7-13,16-17,27-28H2,1-6H3. The van der Waals surface area contributed by atoms with E-state index < -0.39 is 0 Å². The molecule has 4 aromatic carbocycles. The highest BCUT2D eigenvalue weighted by molar-refractivity contribution is 6.11. The van der Waals surface area contributed by atoms with Crippen LogP contribution in [0.1, 0.15) is 128 Å². The number of fused-ring (bicyclic) bond motifs is 6. The van der Waals surface area contributed by atoms with Gasteiger partial charge in [0.25, 0.3) is 0 Å². The molecule has 0 bridgehead atoms. The number of pyridine rings is 1. The lowest BCUT2D eigenvalue weighted by Gasteiger charge is -2.33. The van der Waals surface area contributed by atoms with Crippen LogP contribution in [0.4, 0.5) is 0 Å². The fraction of sp³-hybridized carbons (Fsp3) is 0.396. The number of furan rings is 1. The number of hydrogen-bond donors (Lipinski definition) is 0. The lowest BCUT2D eigenvalue weighted by Crippen LogP contribution is -2.25. The van der Waals surface area contributed by atoms with Crippen LogP contribution in [-0.2, 0) is 17.3 Å². The Morgan fingerprint density at radius 2 is 1.32 bits per heavy atom. The summed E-state index contributed by atoms with van der Waals surface area (Å²) in [7, 11) is 0. The van der Waals surface area contributed by atoms with E-state index in [4.69, 9.17) is 9.40 Å². The molecule has 6 aromatic rings. The molecule has 0 N–H and O–H groups in total. The molecule has 0 spiro atoms. The molecule has 0 saturated heterocycles. The van der Waals surface area contributed by atoms with Crippen molar-refractivity contribution >= 4 is 21.9 Å². The van der Waals surface area contributed by atoms with Crippen molar-refractivity contribution in [3.63, 3.8) is 0 Å². The highest BCUT2D eigenvalue weighted by Crippen LogP contribution is 2.55. The van der Waals surface area contributed by atoms with Gasteiger partial charge in [0.05, 0.1) is 5.69 Å². The third-order valence-electron chi connectivity index (χ3n) is 11.5. The highest BCUT2D eigenvalue weighted by atomic mass is 16.3. The molecular weight excluding hydrogens is 607 g/mol. The van der Waals surface area contributed by atoms with E-state index in [1.807, 2.05) is 6.20 Å². The number of unbranched alkanes of at least 4 members (excludes halogenated alkanes) is 6. The van der Waals surface area contributed by atoms with Crippen LogP contribution < -0.4 is 0 Å². The molecule has 0 atom stereocenters. The van der Waals surface area contributed by atoms with Crippen molar-refractivity contribution in [2.45, 2.75) is 123 Å². The van der Waals surface area contributed by atoms with Gasteiger partial charge in [-0.2, -0.15) is 0 Å². The van der Waals surface area contributed by atoms with Gasteiger partial charge in [0.1, 0.15) is 11.2 Å². The van der Waals surface area contributed by atoms with Crippen LogP contribution >= 0.6 is 0 Å². The van der Waals surface area contributed by atoms with Crippen molar-refractivity contribution in [2.75, 3.05) is 0 Å². The average Bonchev–Trinajstić information content (AvgIpc) is 3.65. The first kappa shape index (κ1) is 34.3. The summed E-state index contributed by atoms with van der Waals surface area (Å²) < 4.78 is 6.86. The Balaban J connectivity index is 1.34. The fourth-order valence-electron chi connectivity index (χ4n) is 8.67. The Hall–Kier alpha value is -4.17. The summed E-state index contributed by atoms with van der Waals surface area (Å²) in [6.45, 7) is 13.6. The highest BCUT2D eigenvalue weighted by Gasteiger charge is 2.42. The van der Waals surface area contributed by atoms with Gasteiger partial charge >= 0.3 is 0 Å². The summed E-state index contributed by atoms with van der Waals surface area (Å²) in [6.07, 6.45) is 15.7. The molecule has 0 fully saturated rings. The molecule has 258 valence electrons. The van der Waals surface area contributed by atoms with Crippen LogP contribution in [0, 0.1) is 0 Å². The first-order valence-electron chi connectivity index (χ1n) is 19.5. The zero-order chi connectivity index (χ0) is 34.9. The van der Waals surface area contributed by atoms with Crippen molar-refractivity contribution in [3.8, 4) is 33.5 Å². The van der Waals surface area contributed by atoms with Gasteiger partial charge in [-0.15, -0.1) is 0 Å². The van der Waals surface area contributed by atoms with Crippen molar-refractivity contribution in [3.05, 3.63) is 113 Å². The predicted molar refractivity (Wildman–Crippen MR) is 214 cm³/mol. The van der Waals surface area contributed by atoms with Gasteiger partial charge in [0.2, 0.25) is 0 Å². The molecule has 0 saturated carbocycles. The minimum atomic E-state index is 0.0444. The normalized spacial score (nSPS) is 13.6. The largest absolute Gasteiger partial charge is 0.455 e. The van der Waals surface area contributed by atoms with Crippen LogP contribution in [0.2, 0.25) is 0 Å². The SMILES string of the molecule is CCCCCCC1(CCCCCC)c2ccccc2-c2ccc(-c3ccc4c(c3)oc3c(-c5cc(C(C)(C)C)ccn5)ccc(CC)c34)cc21. The van der Waals surface area contributed by atoms with E-state index in [9.17, 15) is 0 Å².